The lowest BCUT2D eigenvalue weighted by Crippen LogP contribution is -2.09. The summed E-state index contributed by atoms with van der Waals surface area (Å²) in [5.74, 6) is 0.539. The minimum absolute atomic E-state index is 0.211. The first-order chi connectivity index (χ1) is 4.34. The Morgan fingerprint density at radius 3 is 3.11 bits per heavy atom. The van der Waals surface area contributed by atoms with Crippen molar-refractivity contribution in [2.75, 3.05) is 13.1 Å². The molecule has 0 bridgehead atoms. The van der Waals surface area contributed by atoms with Crippen molar-refractivity contribution in [3.8, 4) is 0 Å². The van der Waals surface area contributed by atoms with Crippen molar-refractivity contribution >= 4 is 5.78 Å². The molecule has 1 aliphatic heterocycles. The number of carbonyl (C=O) groups excluding carboxylic acids is 1. The van der Waals surface area contributed by atoms with Crippen LogP contribution >= 0.6 is 0 Å². The highest BCUT2D eigenvalue weighted by Gasteiger charge is 2.21. The molecule has 1 heterocycles. The van der Waals surface area contributed by atoms with Gasteiger partial charge in [-0.3, -0.25) is 4.79 Å². The molecule has 1 rings (SSSR count). The summed E-state index contributed by atoms with van der Waals surface area (Å²) in [5.41, 5.74) is 0. The number of rotatable bonds is 2. The van der Waals surface area contributed by atoms with Crippen LogP contribution in [0.25, 0.3) is 0 Å². The molecule has 0 aromatic rings. The van der Waals surface area contributed by atoms with Crippen molar-refractivity contribution in [2.24, 2.45) is 5.92 Å². The Morgan fingerprint density at radius 2 is 2.67 bits per heavy atom. The highest BCUT2D eigenvalue weighted by molar-refractivity contribution is 5.85. The van der Waals surface area contributed by atoms with Crippen LogP contribution in [0.2, 0.25) is 0 Å². The van der Waals surface area contributed by atoms with E-state index >= 15 is 0 Å². The van der Waals surface area contributed by atoms with Crippen LogP contribution in [0.3, 0.4) is 0 Å². The molecule has 1 unspecified atom stereocenters. The van der Waals surface area contributed by atoms with E-state index in [1.807, 2.05) is 0 Å². The molecule has 2 nitrogen and oxygen atoms in total. The number of allylic oxidation sites excluding steroid dienone is 1. The first kappa shape index (κ1) is 6.49. The van der Waals surface area contributed by atoms with Gasteiger partial charge in [-0.05, 0) is 6.42 Å². The van der Waals surface area contributed by atoms with Gasteiger partial charge >= 0.3 is 0 Å². The Labute approximate surface area is 54.9 Å². The van der Waals surface area contributed by atoms with Gasteiger partial charge in [-0.2, -0.15) is 0 Å². The Bertz CT molecular complexity index is 131. The zero-order valence-electron chi connectivity index (χ0n) is 5.39. The monoisotopic (exact) mass is 125 g/mol. The molecule has 1 saturated heterocycles. The van der Waals surface area contributed by atoms with E-state index in [2.05, 4.69) is 11.9 Å². The second-order valence-corrected chi connectivity index (χ2v) is 2.32. The first-order valence-corrected chi connectivity index (χ1v) is 3.19. The van der Waals surface area contributed by atoms with Crippen molar-refractivity contribution in [1.82, 2.24) is 5.32 Å². The van der Waals surface area contributed by atoms with Crippen LogP contribution in [0.4, 0.5) is 0 Å². The Balaban J connectivity index is 2.39. The summed E-state index contributed by atoms with van der Waals surface area (Å²) < 4.78 is 0. The van der Waals surface area contributed by atoms with Crippen LogP contribution in [-0.4, -0.2) is 18.9 Å². The van der Waals surface area contributed by atoms with Crippen molar-refractivity contribution < 1.29 is 4.79 Å². The third kappa shape index (κ3) is 1.39. The van der Waals surface area contributed by atoms with Gasteiger partial charge in [0, 0.05) is 12.5 Å². The first-order valence-electron chi connectivity index (χ1n) is 3.19. The fourth-order valence-corrected chi connectivity index (χ4v) is 1.04. The maximum absolute atomic E-state index is 10.9. The zero-order valence-corrected chi connectivity index (χ0v) is 5.39. The average Bonchev–Trinajstić information content (AvgIpc) is 2.18. The summed E-state index contributed by atoms with van der Waals surface area (Å²) in [7, 11) is 0. The molecule has 1 fully saturated rings. The van der Waals surface area contributed by atoms with E-state index in [-0.39, 0.29) is 5.92 Å². The van der Waals surface area contributed by atoms with E-state index in [4.69, 9.17) is 0 Å². The number of carbonyl (C=O) groups is 1. The Kier molecular flexibility index (Phi) is 2.01. The van der Waals surface area contributed by atoms with E-state index in [0.29, 0.717) is 12.3 Å². The molecular weight excluding hydrogens is 114 g/mol. The summed E-state index contributed by atoms with van der Waals surface area (Å²) in [6, 6.07) is 0. The standard InChI is InChI=1S/C7H11NO/c1-2-3-6-4-8-5-7(6)9/h2,6,8H,1,3-5H2. The van der Waals surface area contributed by atoms with Crippen LogP contribution in [0.1, 0.15) is 6.42 Å². The summed E-state index contributed by atoms with van der Waals surface area (Å²) in [4.78, 5) is 10.9. The summed E-state index contributed by atoms with van der Waals surface area (Å²) in [6.45, 7) is 4.97. The molecule has 0 radical (unpaired) electrons. The second-order valence-electron chi connectivity index (χ2n) is 2.32. The van der Waals surface area contributed by atoms with E-state index in [9.17, 15) is 4.79 Å². The average molecular weight is 125 g/mol. The normalized spacial score (nSPS) is 26.7. The van der Waals surface area contributed by atoms with Gasteiger partial charge in [0.05, 0.1) is 6.54 Å². The minimum Gasteiger partial charge on any atom is -0.309 e. The van der Waals surface area contributed by atoms with Gasteiger partial charge in [0.1, 0.15) is 0 Å². The van der Waals surface area contributed by atoms with Gasteiger partial charge in [-0.1, -0.05) is 6.08 Å². The lowest BCUT2D eigenvalue weighted by atomic mass is 10.0. The van der Waals surface area contributed by atoms with Crippen LogP contribution in [-0.2, 0) is 4.79 Å². The quantitative estimate of drug-likeness (QED) is 0.539. The second kappa shape index (κ2) is 2.78. The smallest absolute Gasteiger partial charge is 0.151 e. The third-order valence-corrected chi connectivity index (χ3v) is 1.60. The highest BCUT2D eigenvalue weighted by Crippen LogP contribution is 2.07. The molecule has 9 heavy (non-hydrogen) atoms. The van der Waals surface area contributed by atoms with Crippen LogP contribution in [0.5, 0.6) is 0 Å². The van der Waals surface area contributed by atoms with E-state index in [1.54, 1.807) is 6.08 Å². The number of Topliss-reactive ketones (excluding diaryl/α,β-unsaturated/α-hetero) is 1. The van der Waals surface area contributed by atoms with Gasteiger partial charge < -0.3 is 5.32 Å². The largest absolute Gasteiger partial charge is 0.309 e. The summed E-state index contributed by atoms with van der Waals surface area (Å²) in [6.07, 6.45) is 2.63. The van der Waals surface area contributed by atoms with Crippen LogP contribution in [0.15, 0.2) is 12.7 Å². The number of ketones is 1. The summed E-state index contributed by atoms with van der Waals surface area (Å²) >= 11 is 0. The molecule has 1 atom stereocenters. The maximum atomic E-state index is 10.9. The van der Waals surface area contributed by atoms with Gasteiger partial charge in [0.15, 0.2) is 5.78 Å². The molecule has 0 aromatic carbocycles. The summed E-state index contributed by atoms with van der Waals surface area (Å²) in [5, 5.41) is 3.01. The van der Waals surface area contributed by atoms with Crippen molar-refractivity contribution in [2.45, 2.75) is 6.42 Å². The van der Waals surface area contributed by atoms with E-state index < -0.39 is 0 Å². The fraction of sp³-hybridized carbons (Fsp3) is 0.571. The topological polar surface area (TPSA) is 29.1 Å². The van der Waals surface area contributed by atoms with Crippen molar-refractivity contribution in [1.29, 1.82) is 0 Å². The number of hydrogen-bond acceptors (Lipinski definition) is 2. The van der Waals surface area contributed by atoms with Crippen molar-refractivity contribution in [3.05, 3.63) is 12.7 Å². The van der Waals surface area contributed by atoms with E-state index in [1.165, 1.54) is 0 Å². The molecule has 0 saturated carbocycles. The number of nitrogens with one attached hydrogen (secondary N) is 1. The maximum Gasteiger partial charge on any atom is 0.151 e. The predicted molar refractivity (Wildman–Crippen MR) is 36.2 cm³/mol. The predicted octanol–water partition coefficient (Wildman–Crippen LogP) is 0.351. The highest BCUT2D eigenvalue weighted by atomic mass is 16.1. The molecule has 0 aliphatic carbocycles. The van der Waals surface area contributed by atoms with Gasteiger partial charge in [-0.15, -0.1) is 6.58 Å². The van der Waals surface area contributed by atoms with Gasteiger partial charge in [0.25, 0.3) is 0 Å². The zero-order chi connectivity index (χ0) is 6.69. The fourth-order valence-electron chi connectivity index (χ4n) is 1.04. The van der Waals surface area contributed by atoms with Crippen LogP contribution < -0.4 is 5.32 Å². The lowest BCUT2D eigenvalue weighted by molar-refractivity contribution is -0.119. The van der Waals surface area contributed by atoms with Gasteiger partial charge in [-0.25, -0.2) is 0 Å². The third-order valence-electron chi connectivity index (χ3n) is 1.60. The molecule has 1 N–H and O–H groups in total. The molecule has 0 amide bonds. The molecule has 0 aromatic heterocycles. The van der Waals surface area contributed by atoms with Crippen molar-refractivity contribution in [3.63, 3.8) is 0 Å². The van der Waals surface area contributed by atoms with E-state index in [0.717, 1.165) is 13.0 Å². The van der Waals surface area contributed by atoms with Gasteiger partial charge in [0.2, 0.25) is 0 Å². The molecule has 2 heteroatoms. The Morgan fingerprint density at radius 1 is 1.89 bits per heavy atom. The van der Waals surface area contributed by atoms with Crippen LogP contribution in [0, 0.1) is 5.92 Å². The SMILES string of the molecule is C=CCC1CNCC1=O. The number of hydrogen-bond donors (Lipinski definition) is 1. The lowest BCUT2D eigenvalue weighted by Gasteiger charge is -1.99. The molecule has 1 aliphatic rings. The molecule has 0 spiro atoms. The molecular formula is C7H11NO. The molecule has 50 valence electrons. The minimum atomic E-state index is 0.211. The Hall–Kier alpha value is -0.630.